The van der Waals surface area contributed by atoms with Crippen LogP contribution < -0.4 is 4.90 Å². The van der Waals surface area contributed by atoms with Gasteiger partial charge in [-0.25, -0.2) is 0 Å². The van der Waals surface area contributed by atoms with E-state index in [1.54, 1.807) is 0 Å². The van der Waals surface area contributed by atoms with Gasteiger partial charge in [0.15, 0.2) is 0 Å². The monoisotopic (exact) mass is 697 g/mol. The largest absolute Gasteiger partial charge is 0.310 e. The molecule has 0 amide bonds. The van der Waals surface area contributed by atoms with E-state index in [1.165, 1.54) is 64.3 Å². The molecular weight excluding hydrogens is 666 g/mol. The topological polar surface area (TPSA) is 3.24 Å². The molecule has 1 aromatic heterocycles. The van der Waals surface area contributed by atoms with E-state index in [9.17, 15) is 0 Å². The van der Waals surface area contributed by atoms with E-state index in [1.807, 2.05) is 17.4 Å². The molecule has 230 valence electrons. The molecule has 1 aliphatic carbocycles. The molecule has 48 heavy (non-hydrogen) atoms. The van der Waals surface area contributed by atoms with Gasteiger partial charge in [0.05, 0.1) is 0 Å². The third kappa shape index (κ3) is 4.57. The standard InChI is InChI=1S/C45H32BrNS/c1-4-28-14-18-36-37-20-17-33(27-42(37)45(2,3)41(36)22-28)47(32-11-6-5-7-12-32)34-23-29-10-8-9-13-35(29)39(26-34)30-15-19-38-40-25-31(46)16-21-43(40)48-44(38)24-30/h4-27H,1H2,2-3H3. The molecule has 0 fully saturated rings. The van der Waals surface area contributed by atoms with E-state index in [4.69, 9.17) is 0 Å². The lowest BCUT2D eigenvalue weighted by Gasteiger charge is -2.29. The van der Waals surface area contributed by atoms with Crippen LogP contribution in [0.5, 0.6) is 0 Å². The molecule has 1 aliphatic rings. The normalized spacial score (nSPS) is 13.1. The molecule has 0 saturated carbocycles. The number of thiophene rings is 1. The van der Waals surface area contributed by atoms with Crippen LogP contribution in [0.3, 0.4) is 0 Å². The Labute approximate surface area is 293 Å². The molecule has 9 rings (SSSR count). The van der Waals surface area contributed by atoms with E-state index < -0.39 is 0 Å². The van der Waals surface area contributed by atoms with E-state index >= 15 is 0 Å². The Morgan fingerprint density at radius 1 is 0.583 bits per heavy atom. The van der Waals surface area contributed by atoms with Crippen molar-refractivity contribution in [3.8, 4) is 22.3 Å². The van der Waals surface area contributed by atoms with Crippen LogP contribution in [0.1, 0.15) is 30.5 Å². The summed E-state index contributed by atoms with van der Waals surface area (Å²) in [5.41, 5.74) is 12.2. The first-order chi connectivity index (χ1) is 23.4. The number of halogens is 1. The quantitative estimate of drug-likeness (QED) is 0.173. The Hall–Kier alpha value is -4.96. The summed E-state index contributed by atoms with van der Waals surface area (Å²) < 4.78 is 3.72. The smallest absolute Gasteiger partial charge is 0.0474 e. The van der Waals surface area contributed by atoms with Crippen LogP contribution >= 0.6 is 27.3 Å². The third-order valence-electron chi connectivity index (χ3n) is 10.0. The van der Waals surface area contributed by atoms with E-state index in [-0.39, 0.29) is 5.41 Å². The zero-order valence-corrected chi connectivity index (χ0v) is 29.2. The summed E-state index contributed by atoms with van der Waals surface area (Å²) in [6, 6.07) is 51.5. The number of para-hydroxylation sites is 1. The average Bonchev–Trinajstić information content (AvgIpc) is 3.58. The molecule has 3 heteroatoms. The van der Waals surface area contributed by atoms with Gasteiger partial charge in [-0.15, -0.1) is 11.3 Å². The molecule has 8 aromatic rings. The van der Waals surface area contributed by atoms with Crippen molar-refractivity contribution in [1.82, 2.24) is 0 Å². The van der Waals surface area contributed by atoms with Crippen molar-refractivity contribution in [3.63, 3.8) is 0 Å². The summed E-state index contributed by atoms with van der Waals surface area (Å²) >= 11 is 5.53. The van der Waals surface area contributed by atoms with Gasteiger partial charge >= 0.3 is 0 Å². The Morgan fingerprint density at radius 2 is 1.35 bits per heavy atom. The van der Waals surface area contributed by atoms with Gasteiger partial charge in [-0.1, -0.05) is 121 Å². The van der Waals surface area contributed by atoms with Crippen LogP contribution in [0.2, 0.25) is 0 Å². The predicted molar refractivity (Wildman–Crippen MR) is 212 cm³/mol. The fourth-order valence-corrected chi connectivity index (χ4v) is 9.10. The number of benzene rings is 7. The zero-order chi connectivity index (χ0) is 32.6. The van der Waals surface area contributed by atoms with Gasteiger partial charge < -0.3 is 4.90 Å². The van der Waals surface area contributed by atoms with Crippen molar-refractivity contribution in [2.24, 2.45) is 0 Å². The summed E-state index contributed by atoms with van der Waals surface area (Å²) in [5, 5.41) is 5.07. The number of anilines is 3. The molecule has 0 aliphatic heterocycles. The Balaban J connectivity index is 1.24. The van der Waals surface area contributed by atoms with E-state index in [0.29, 0.717) is 0 Å². The summed E-state index contributed by atoms with van der Waals surface area (Å²) in [5.74, 6) is 0. The summed E-state index contributed by atoms with van der Waals surface area (Å²) in [4.78, 5) is 2.42. The van der Waals surface area contributed by atoms with Crippen molar-refractivity contribution in [3.05, 3.63) is 167 Å². The van der Waals surface area contributed by atoms with Crippen molar-refractivity contribution in [2.75, 3.05) is 4.90 Å². The van der Waals surface area contributed by atoms with E-state index in [0.717, 1.165) is 27.1 Å². The minimum Gasteiger partial charge on any atom is -0.310 e. The Morgan fingerprint density at radius 3 is 2.19 bits per heavy atom. The van der Waals surface area contributed by atoms with Gasteiger partial charge in [0, 0.05) is 47.1 Å². The minimum absolute atomic E-state index is 0.133. The summed E-state index contributed by atoms with van der Waals surface area (Å²) in [6.07, 6.45) is 1.94. The summed E-state index contributed by atoms with van der Waals surface area (Å²) in [7, 11) is 0. The second-order valence-corrected chi connectivity index (χ2v) is 15.2. The fourth-order valence-electron chi connectivity index (χ4n) is 7.61. The molecule has 0 atom stereocenters. The van der Waals surface area contributed by atoms with Crippen LogP contribution in [0, 0.1) is 0 Å². The SMILES string of the molecule is C=Cc1ccc2c(c1)C(C)(C)c1cc(N(c3ccccc3)c3cc(-c4ccc5c(c4)sc4ccc(Br)cc45)c4ccccc4c3)ccc1-2. The van der Waals surface area contributed by atoms with Gasteiger partial charge in [-0.3, -0.25) is 0 Å². The molecule has 1 heterocycles. The van der Waals surface area contributed by atoms with Crippen molar-refractivity contribution >= 4 is 81.3 Å². The highest BCUT2D eigenvalue weighted by Crippen LogP contribution is 2.51. The molecule has 0 radical (unpaired) electrons. The van der Waals surface area contributed by atoms with Crippen molar-refractivity contribution < 1.29 is 0 Å². The Bertz CT molecular complexity index is 2580. The minimum atomic E-state index is -0.133. The molecule has 0 N–H and O–H groups in total. The second kappa shape index (κ2) is 11.1. The van der Waals surface area contributed by atoms with E-state index in [2.05, 4.69) is 181 Å². The number of nitrogens with zero attached hydrogens (tertiary/aromatic N) is 1. The fraction of sp³-hybridized carbons (Fsp3) is 0.0667. The summed E-state index contributed by atoms with van der Waals surface area (Å²) in [6.45, 7) is 8.72. The van der Waals surface area contributed by atoms with Crippen molar-refractivity contribution in [2.45, 2.75) is 19.3 Å². The van der Waals surface area contributed by atoms with Gasteiger partial charge in [0.25, 0.3) is 0 Å². The molecule has 7 aromatic carbocycles. The number of hydrogen-bond acceptors (Lipinski definition) is 2. The highest BCUT2D eigenvalue weighted by molar-refractivity contribution is 9.10. The maximum Gasteiger partial charge on any atom is 0.0474 e. The molecule has 0 unspecified atom stereocenters. The second-order valence-electron chi connectivity index (χ2n) is 13.2. The Kier molecular flexibility index (Phi) is 6.72. The lowest BCUT2D eigenvalue weighted by atomic mass is 9.81. The lowest BCUT2D eigenvalue weighted by molar-refractivity contribution is 0.660. The van der Waals surface area contributed by atoms with Gasteiger partial charge in [0.2, 0.25) is 0 Å². The zero-order valence-electron chi connectivity index (χ0n) is 26.8. The van der Waals surface area contributed by atoms with Gasteiger partial charge in [0.1, 0.15) is 0 Å². The molecule has 0 bridgehead atoms. The maximum atomic E-state index is 4.03. The highest BCUT2D eigenvalue weighted by Gasteiger charge is 2.36. The van der Waals surface area contributed by atoms with Crippen LogP contribution in [0.15, 0.2) is 151 Å². The number of hydrogen-bond donors (Lipinski definition) is 0. The van der Waals surface area contributed by atoms with Crippen LogP contribution in [-0.2, 0) is 5.41 Å². The molecule has 1 nitrogen and oxygen atoms in total. The lowest BCUT2D eigenvalue weighted by Crippen LogP contribution is -2.16. The first-order valence-corrected chi connectivity index (χ1v) is 17.9. The average molecular weight is 699 g/mol. The van der Waals surface area contributed by atoms with Crippen LogP contribution in [0.25, 0.3) is 59.3 Å². The van der Waals surface area contributed by atoms with Crippen LogP contribution in [-0.4, -0.2) is 0 Å². The van der Waals surface area contributed by atoms with Gasteiger partial charge in [-0.2, -0.15) is 0 Å². The maximum absolute atomic E-state index is 4.03. The number of rotatable bonds is 5. The number of fused-ring (bicyclic) bond motifs is 7. The van der Waals surface area contributed by atoms with Crippen molar-refractivity contribution in [1.29, 1.82) is 0 Å². The molecule has 0 saturated heterocycles. The first-order valence-electron chi connectivity index (χ1n) is 16.3. The predicted octanol–water partition coefficient (Wildman–Crippen LogP) is 14.1. The first kappa shape index (κ1) is 29.2. The highest BCUT2D eigenvalue weighted by atomic mass is 79.9. The molecule has 0 spiro atoms. The van der Waals surface area contributed by atoms with Crippen LogP contribution in [0.4, 0.5) is 17.1 Å². The third-order valence-corrected chi connectivity index (χ3v) is 11.7. The molecular formula is C45H32BrNS. The van der Waals surface area contributed by atoms with Gasteiger partial charge in [-0.05, 0) is 110 Å².